The zero-order chi connectivity index (χ0) is 21.9. The average molecular weight is 420 g/mol. The molecule has 8 heteroatoms. The number of fused-ring (bicyclic) bond motifs is 2. The lowest BCUT2D eigenvalue weighted by atomic mass is 9.89. The van der Waals surface area contributed by atoms with E-state index in [0.29, 0.717) is 31.2 Å². The summed E-state index contributed by atoms with van der Waals surface area (Å²) in [5.74, 6) is -2.36. The normalized spacial score (nSPS) is 18.5. The number of nitrogens with zero attached hydrogens (tertiary/aromatic N) is 2. The first kappa shape index (κ1) is 19.4. The van der Waals surface area contributed by atoms with Gasteiger partial charge in [-0.05, 0) is 61.9 Å². The summed E-state index contributed by atoms with van der Waals surface area (Å²) in [5.41, 5.74) is 1.25. The van der Waals surface area contributed by atoms with Gasteiger partial charge in [-0.2, -0.15) is 5.26 Å². The van der Waals surface area contributed by atoms with E-state index < -0.39 is 22.6 Å². The quantitative estimate of drug-likeness (QED) is 0.680. The summed E-state index contributed by atoms with van der Waals surface area (Å²) in [5, 5.41) is 12.0. The van der Waals surface area contributed by atoms with E-state index in [1.54, 1.807) is 13.0 Å². The Morgan fingerprint density at radius 1 is 1.35 bits per heavy atom. The van der Waals surface area contributed by atoms with Crippen molar-refractivity contribution in [1.29, 1.82) is 5.26 Å². The predicted octanol–water partition coefficient (Wildman–Crippen LogP) is 3.22. The Morgan fingerprint density at radius 2 is 2.13 bits per heavy atom. The maximum atomic E-state index is 14.5. The molecule has 0 bridgehead atoms. The van der Waals surface area contributed by atoms with E-state index in [-0.39, 0.29) is 34.0 Å². The van der Waals surface area contributed by atoms with Crippen molar-refractivity contribution in [3.05, 3.63) is 74.3 Å². The predicted molar refractivity (Wildman–Crippen MR) is 108 cm³/mol. The van der Waals surface area contributed by atoms with Gasteiger partial charge in [0.2, 0.25) is 5.91 Å². The zero-order valence-corrected chi connectivity index (χ0v) is 16.7. The molecule has 0 saturated heterocycles. The molecule has 0 unspecified atom stereocenters. The maximum absolute atomic E-state index is 14.5. The number of pyridine rings is 2. The molecule has 0 aliphatic heterocycles. The lowest BCUT2D eigenvalue weighted by molar-refractivity contribution is -0.124. The Bertz CT molecular complexity index is 1370. The number of halogens is 2. The van der Waals surface area contributed by atoms with Crippen LogP contribution in [0.3, 0.4) is 0 Å². The van der Waals surface area contributed by atoms with Gasteiger partial charge in [0.25, 0.3) is 5.56 Å². The van der Waals surface area contributed by atoms with Gasteiger partial charge in [0.15, 0.2) is 11.6 Å². The molecular formula is C23H18F2N4O2. The van der Waals surface area contributed by atoms with Gasteiger partial charge in [0.1, 0.15) is 6.07 Å². The number of hydrogen-bond donors (Lipinski definition) is 2. The highest BCUT2D eigenvalue weighted by molar-refractivity contribution is 5.94. The second-order valence-corrected chi connectivity index (χ2v) is 8.27. The molecule has 1 amide bonds. The van der Waals surface area contributed by atoms with E-state index in [4.69, 9.17) is 5.26 Å². The molecule has 2 aliphatic rings. The smallest absolute Gasteiger partial charge is 0.252 e. The van der Waals surface area contributed by atoms with Crippen LogP contribution in [0, 0.1) is 29.9 Å². The summed E-state index contributed by atoms with van der Waals surface area (Å²) < 4.78 is 28.3. The van der Waals surface area contributed by atoms with Crippen molar-refractivity contribution in [2.45, 2.75) is 44.1 Å². The van der Waals surface area contributed by atoms with Crippen molar-refractivity contribution in [1.82, 2.24) is 15.3 Å². The Balaban J connectivity index is 1.52. The molecule has 31 heavy (non-hydrogen) atoms. The molecule has 1 aromatic carbocycles. The van der Waals surface area contributed by atoms with Crippen LogP contribution in [-0.4, -0.2) is 15.9 Å². The van der Waals surface area contributed by atoms with Crippen molar-refractivity contribution < 1.29 is 13.6 Å². The average Bonchev–Trinajstić information content (AvgIpc) is 3.45. The van der Waals surface area contributed by atoms with Crippen molar-refractivity contribution >= 4 is 16.8 Å². The van der Waals surface area contributed by atoms with Crippen molar-refractivity contribution in [3.63, 3.8) is 0 Å². The van der Waals surface area contributed by atoms with Crippen molar-refractivity contribution in [2.24, 2.45) is 0 Å². The number of rotatable bonds is 3. The standard InChI is InChI=1S/C23H18F2N4O2/c1-11-17-15(5-3-14(24)19(17)25)28-21(30)18(11)23(6-7-23)22(31)29-16-4-2-13-8-12(9-26)10-27-20(13)16/h3,5,8,10,16H,2,4,6-7H2,1H3,(H,28,30)(H,29,31)/t16-/m0/s1. The molecule has 1 atom stereocenters. The Labute approximate surface area is 175 Å². The first-order valence-corrected chi connectivity index (χ1v) is 10.1. The minimum atomic E-state index is -1.07. The highest BCUT2D eigenvalue weighted by Gasteiger charge is 2.54. The molecule has 1 fully saturated rings. The van der Waals surface area contributed by atoms with Gasteiger partial charge in [-0.3, -0.25) is 14.6 Å². The molecular weight excluding hydrogens is 402 g/mol. The molecule has 0 radical (unpaired) electrons. The maximum Gasteiger partial charge on any atom is 0.252 e. The third kappa shape index (κ3) is 2.84. The number of hydrogen-bond acceptors (Lipinski definition) is 4. The fourth-order valence-electron chi connectivity index (χ4n) is 4.76. The summed E-state index contributed by atoms with van der Waals surface area (Å²) in [7, 11) is 0. The SMILES string of the molecule is Cc1c(C2(C(=O)N[C@H]3CCc4cc(C#N)cnc43)CC2)c(=O)[nH]c2ccc(F)c(F)c12. The highest BCUT2D eigenvalue weighted by atomic mass is 19.2. The minimum Gasteiger partial charge on any atom is -0.347 e. The number of amides is 1. The fourth-order valence-corrected chi connectivity index (χ4v) is 4.76. The van der Waals surface area contributed by atoms with Gasteiger partial charge in [0, 0.05) is 17.1 Å². The van der Waals surface area contributed by atoms with Gasteiger partial charge < -0.3 is 10.3 Å². The first-order chi connectivity index (χ1) is 14.9. The second kappa shape index (κ2) is 6.71. The van der Waals surface area contributed by atoms with Gasteiger partial charge in [-0.1, -0.05) is 0 Å². The number of aromatic amines is 1. The molecule has 1 saturated carbocycles. The van der Waals surface area contributed by atoms with Gasteiger partial charge in [-0.25, -0.2) is 8.78 Å². The van der Waals surface area contributed by atoms with Gasteiger partial charge >= 0.3 is 0 Å². The zero-order valence-electron chi connectivity index (χ0n) is 16.7. The molecule has 3 aromatic rings. The number of aromatic nitrogens is 2. The highest BCUT2D eigenvalue weighted by Crippen LogP contribution is 2.49. The molecule has 5 rings (SSSR count). The summed E-state index contributed by atoms with van der Waals surface area (Å²) in [6.07, 6.45) is 3.71. The van der Waals surface area contributed by atoms with Crippen molar-refractivity contribution in [3.8, 4) is 6.07 Å². The lowest BCUT2D eigenvalue weighted by Gasteiger charge is -2.21. The minimum absolute atomic E-state index is 0.00872. The molecule has 2 aliphatic carbocycles. The van der Waals surface area contributed by atoms with Crippen LogP contribution in [0.2, 0.25) is 0 Å². The topological polar surface area (TPSA) is 98.6 Å². The van der Waals surface area contributed by atoms with Crippen LogP contribution in [0.5, 0.6) is 0 Å². The summed E-state index contributed by atoms with van der Waals surface area (Å²) in [4.78, 5) is 33.1. The molecule has 6 nitrogen and oxygen atoms in total. The molecule has 2 N–H and O–H groups in total. The molecule has 156 valence electrons. The Hall–Kier alpha value is -3.60. The van der Waals surface area contributed by atoms with Crippen LogP contribution >= 0.6 is 0 Å². The third-order valence-corrected chi connectivity index (χ3v) is 6.45. The number of nitrogens with one attached hydrogen (secondary N) is 2. The van der Waals surface area contributed by atoms with E-state index in [2.05, 4.69) is 21.4 Å². The van der Waals surface area contributed by atoms with E-state index in [9.17, 15) is 18.4 Å². The molecule has 0 spiro atoms. The third-order valence-electron chi connectivity index (χ3n) is 6.45. The number of carbonyl (C=O) groups is 1. The molecule has 2 heterocycles. The van der Waals surface area contributed by atoms with Crippen LogP contribution < -0.4 is 10.9 Å². The monoisotopic (exact) mass is 420 g/mol. The Kier molecular flexibility index (Phi) is 4.19. The van der Waals surface area contributed by atoms with Crippen LogP contribution in [0.15, 0.2) is 29.2 Å². The van der Waals surface area contributed by atoms with Crippen LogP contribution in [-0.2, 0) is 16.6 Å². The first-order valence-electron chi connectivity index (χ1n) is 10.1. The Morgan fingerprint density at radius 3 is 2.84 bits per heavy atom. The van der Waals surface area contributed by atoms with Crippen LogP contribution in [0.1, 0.15) is 53.3 Å². The fraction of sp³-hybridized carbons (Fsp3) is 0.304. The van der Waals surface area contributed by atoms with Gasteiger partial charge in [-0.15, -0.1) is 0 Å². The number of benzene rings is 1. The number of H-pyrrole nitrogens is 1. The van der Waals surface area contributed by atoms with E-state index in [0.717, 1.165) is 17.3 Å². The van der Waals surface area contributed by atoms with E-state index in [1.807, 2.05) is 0 Å². The van der Waals surface area contributed by atoms with E-state index >= 15 is 0 Å². The lowest BCUT2D eigenvalue weighted by Crippen LogP contribution is -2.40. The van der Waals surface area contributed by atoms with E-state index in [1.165, 1.54) is 12.3 Å². The van der Waals surface area contributed by atoms with Crippen LogP contribution in [0.25, 0.3) is 10.9 Å². The number of carbonyl (C=O) groups excluding carboxylic acids is 1. The van der Waals surface area contributed by atoms with Crippen molar-refractivity contribution in [2.75, 3.05) is 0 Å². The largest absolute Gasteiger partial charge is 0.347 e. The van der Waals surface area contributed by atoms with Gasteiger partial charge in [0.05, 0.1) is 28.2 Å². The summed E-state index contributed by atoms with van der Waals surface area (Å²) in [6, 6.07) is 5.80. The van der Waals surface area contributed by atoms with Crippen LogP contribution in [0.4, 0.5) is 8.78 Å². The summed E-state index contributed by atoms with van der Waals surface area (Å²) >= 11 is 0. The number of aryl methyl sites for hydroxylation is 2. The summed E-state index contributed by atoms with van der Waals surface area (Å²) in [6.45, 7) is 1.55. The number of nitriles is 1. The molecule has 2 aromatic heterocycles. The second-order valence-electron chi connectivity index (χ2n) is 8.27.